The Balaban J connectivity index is 2.16. The van der Waals surface area contributed by atoms with Gasteiger partial charge >= 0.3 is 0 Å². The maximum atomic E-state index is 12.5. The Bertz CT molecular complexity index is 494. The van der Waals surface area contributed by atoms with Gasteiger partial charge < -0.3 is 10.0 Å². The Morgan fingerprint density at radius 3 is 2.68 bits per heavy atom. The summed E-state index contributed by atoms with van der Waals surface area (Å²) in [6, 6.07) is 6.20. The van der Waals surface area contributed by atoms with Crippen LogP contribution in [-0.2, 0) is 11.2 Å². The summed E-state index contributed by atoms with van der Waals surface area (Å²) in [4.78, 5) is 14.3. The summed E-state index contributed by atoms with van der Waals surface area (Å²) in [6.07, 6.45) is 0.671. The van der Waals surface area contributed by atoms with Gasteiger partial charge in [0, 0.05) is 6.54 Å². The highest BCUT2D eigenvalue weighted by atomic mass is 16.3. The zero-order valence-electron chi connectivity index (χ0n) is 12.2. The molecule has 0 aromatic heterocycles. The fourth-order valence-electron chi connectivity index (χ4n) is 2.77. The normalized spacial score (nSPS) is 21.7. The van der Waals surface area contributed by atoms with Crippen molar-refractivity contribution >= 4 is 5.91 Å². The van der Waals surface area contributed by atoms with Crippen molar-refractivity contribution in [2.45, 2.75) is 52.2 Å². The number of benzene rings is 1. The van der Waals surface area contributed by atoms with Gasteiger partial charge in [0.1, 0.15) is 0 Å². The molecule has 1 amide bonds. The zero-order valence-corrected chi connectivity index (χ0v) is 12.2. The minimum Gasteiger partial charge on any atom is -0.391 e. The van der Waals surface area contributed by atoms with E-state index in [4.69, 9.17) is 0 Å². The van der Waals surface area contributed by atoms with Crippen LogP contribution in [0.1, 0.15) is 37.0 Å². The van der Waals surface area contributed by atoms with Gasteiger partial charge in [0.05, 0.1) is 18.1 Å². The van der Waals surface area contributed by atoms with E-state index in [1.165, 1.54) is 5.56 Å². The Morgan fingerprint density at radius 1 is 1.42 bits per heavy atom. The lowest BCUT2D eigenvalue weighted by atomic mass is 9.97. The molecule has 1 aliphatic heterocycles. The standard InChI is InChI=1S/C16H23NO2/c1-11-5-6-12(2)13(9-11)10-15(19)17-8-7-14(18)16(17,3)4/h5-6,9,14,18H,7-8,10H2,1-4H3. The van der Waals surface area contributed by atoms with E-state index < -0.39 is 11.6 Å². The lowest BCUT2D eigenvalue weighted by molar-refractivity contribution is -0.135. The number of amides is 1. The number of likely N-dealkylation sites (tertiary alicyclic amines) is 1. The highest BCUT2D eigenvalue weighted by Gasteiger charge is 2.42. The van der Waals surface area contributed by atoms with Crippen molar-refractivity contribution in [3.8, 4) is 0 Å². The van der Waals surface area contributed by atoms with E-state index in [0.717, 1.165) is 11.1 Å². The number of aliphatic hydroxyl groups excluding tert-OH is 1. The van der Waals surface area contributed by atoms with Gasteiger partial charge in [0.2, 0.25) is 5.91 Å². The lowest BCUT2D eigenvalue weighted by Gasteiger charge is -2.34. The number of hydrogen-bond acceptors (Lipinski definition) is 2. The average molecular weight is 261 g/mol. The number of carbonyl (C=O) groups is 1. The van der Waals surface area contributed by atoms with Crippen LogP contribution in [0.3, 0.4) is 0 Å². The highest BCUT2D eigenvalue weighted by molar-refractivity contribution is 5.80. The van der Waals surface area contributed by atoms with E-state index >= 15 is 0 Å². The van der Waals surface area contributed by atoms with Gasteiger partial charge in [-0.3, -0.25) is 4.79 Å². The molecule has 1 aromatic carbocycles. The summed E-state index contributed by atoms with van der Waals surface area (Å²) in [5, 5.41) is 9.95. The molecule has 0 radical (unpaired) electrons. The van der Waals surface area contributed by atoms with Crippen molar-refractivity contribution < 1.29 is 9.90 Å². The minimum atomic E-state index is -0.450. The second-order valence-corrected chi connectivity index (χ2v) is 6.11. The summed E-state index contributed by atoms with van der Waals surface area (Å²) in [5.41, 5.74) is 2.96. The molecule has 1 heterocycles. The van der Waals surface area contributed by atoms with E-state index in [1.54, 1.807) is 0 Å². The molecule has 1 N–H and O–H groups in total. The number of nitrogens with zero attached hydrogens (tertiary/aromatic N) is 1. The van der Waals surface area contributed by atoms with Crippen LogP contribution in [0.2, 0.25) is 0 Å². The molecule has 0 aliphatic carbocycles. The molecule has 1 unspecified atom stereocenters. The number of aliphatic hydroxyl groups is 1. The molecule has 2 rings (SSSR count). The molecule has 3 nitrogen and oxygen atoms in total. The third-order valence-corrected chi connectivity index (χ3v) is 4.28. The quantitative estimate of drug-likeness (QED) is 0.886. The molecule has 1 atom stereocenters. The van der Waals surface area contributed by atoms with E-state index in [9.17, 15) is 9.90 Å². The molecule has 0 saturated carbocycles. The van der Waals surface area contributed by atoms with Crippen molar-refractivity contribution in [1.82, 2.24) is 4.90 Å². The number of hydrogen-bond donors (Lipinski definition) is 1. The Hall–Kier alpha value is -1.35. The third-order valence-electron chi connectivity index (χ3n) is 4.28. The van der Waals surface area contributed by atoms with Crippen LogP contribution < -0.4 is 0 Å². The summed E-state index contributed by atoms with van der Waals surface area (Å²) in [5.74, 6) is 0.107. The molecule has 1 aliphatic rings. The molecule has 104 valence electrons. The second kappa shape index (κ2) is 4.97. The van der Waals surface area contributed by atoms with Crippen LogP contribution in [0, 0.1) is 13.8 Å². The van der Waals surface area contributed by atoms with E-state index in [0.29, 0.717) is 19.4 Å². The SMILES string of the molecule is Cc1ccc(C)c(CC(=O)N2CCC(O)C2(C)C)c1. The van der Waals surface area contributed by atoms with Crippen molar-refractivity contribution in [2.75, 3.05) is 6.54 Å². The molecule has 3 heteroatoms. The average Bonchev–Trinajstić information content (AvgIpc) is 2.59. The van der Waals surface area contributed by atoms with Crippen molar-refractivity contribution in [2.24, 2.45) is 0 Å². The fraction of sp³-hybridized carbons (Fsp3) is 0.562. The molecule has 1 fully saturated rings. The summed E-state index contributed by atoms with van der Waals surface area (Å²) >= 11 is 0. The number of rotatable bonds is 2. The molecular formula is C16H23NO2. The van der Waals surface area contributed by atoms with Gasteiger partial charge in [-0.05, 0) is 45.2 Å². The van der Waals surface area contributed by atoms with Crippen LogP contribution in [-0.4, -0.2) is 34.1 Å². The first-order valence-electron chi connectivity index (χ1n) is 6.87. The van der Waals surface area contributed by atoms with Gasteiger partial charge in [-0.25, -0.2) is 0 Å². The predicted octanol–water partition coefficient (Wildman–Crippen LogP) is 2.22. The van der Waals surface area contributed by atoms with Crippen molar-refractivity contribution in [3.05, 3.63) is 34.9 Å². The van der Waals surface area contributed by atoms with E-state index in [1.807, 2.05) is 32.6 Å². The molecule has 0 bridgehead atoms. The lowest BCUT2D eigenvalue weighted by Crippen LogP contribution is -2.48. The van der Waals surface area contributed by atoms with Crippen LogP contribution in [0.25, 0.3) is 0 Å². The topological polar surface area (TPSA) is 40.5 Å². The molecular weight excluding hydrogens is 238 g/mol. The Labute approximate surface area is 115 Å². The first-order valence-corrected chi connectivity index (χ1v) is 6.87. The predicted molar refractivity (Wildman–Crippen MR) is 76.0 cm³/mol. The van der Waals surface area contributed by atoms with Crippen molar-refractivity contribution in [1.29, 1.82) is 0 Å². The van der Waals surface area contributed by atoms with E-state index in [2.05, 4.69) is 18.2 Å². The third kappa shape index (κ3) is 2.66. The molecule has 1 aromatic rings. The number of carbonyl (C=O) groups excluding carboxylic acids is 1. The maximum Gasteiger partial charge on any atom is 0.227 e. The Morgan fingerprint density at radius 2 is 2.11 bits per heavy atom. The maximum absolute atomic E-state index is 12.5. The van der Waals surface area contributed by atoms with Crippen molar-refractivity contribution in [3.63, 3.8) is 0 Å². The minimum absolute atomic E-state index is 0.107. The first kappa shape index (κ1) is 14.1. The fourth-order valence-corrected chi connectivity index (χ4v) is 2.77. The van der Waals surface area contributed by atoms with Gasteiger partial charge in [-0.15, -0.1) is 0 Å². The smallest absolute Gasteiger partial charge is 0.227 e. The second-order valence-electron chi connectivity index (χ2n) is 6.11. The summed E-state index contributed by atoms with van der Waals surface area (Å²) < 4.78 is 0. The van der Waals surface area contributed by atoms with Crippen LogP contribution in [0.15, 0.2) is 18.2 Å². The highest BCUT2D eigenvalue weighted by Crippen LogP contribution is 2.29. The van der Waals surface area contributed by atoms with E-state index in [-0.39, 0.29) is 5.91 Å². The van der Waals surface area contributed by atoms with Gasteiger partial charge in [0.15, 0.2) is 0 Å². The monoisotopic (exact) mass is 261 g/mol. The molecule has 1 saturated heterocycles. The van der Waals surface area contributed by atoms with Crippen LogP contribution >= 0.6 is 0 Å². The van der Waals surface area contributed by atoms with Crippen LogP contribution in [0.5, 0.6) is 0 Å². The first-order chi connectivity index (χ1) is 8.82. The zero-order chi connectivity index (χ0) is 14.2. The van der Waals surface area contributed by atoms with Gasteiger partial charge in [-0.1, -0.05) is 23.8 Å². The summed E-state index contributed by atoms with van der Waals surface area (Å²) in [7, 11) is 0. The Kier molecular flexibility index (Phi) is 3.68. The van der Waals surface area contributed by atoms with Gasteiger partial charge in [0.25, 0.3) is 0 Å². The summed E-state index contributed by atoms with van der Waals surface area (Å²) in [6.45, 7) is 8.60. The molecule has 19 heavy (non-hydrogen) atoms. The van der Waals surface area contributed by atoms with Crippen LogP contribution in [0.4, 0.5) is 0 Å². The number of aryl methyl sites for hydroxylation is 2. The molecule has 0 spiro atoms. The largest absolute Gasteiger partial charge is 0.391 e. The van der Waals surface area contributed by atoms with Gasteiger partial charge in [-0.2, -0.15) is 0 Å².